The van der Waals surface area contributed by atoms with E-state index in [4.69, 9.17) is 0 Å². The molecular weight excluding hydrogens is 330 g/mol. The van der Waals surface area contributed by atoms with Crippen LogP contribution in [-0.2, 0) is 10.8 Å². The van der Waals surface area contributed by atoms with Gasteiger partial charge in [-0.25, -0.2) is 4.79 Å². The number of rotatable bonds is 6. The van der Waals surface area contributed by atoms with E-state index in [-0.39, 0.29) is 11.4 Å². The Morgan fingerprint density at radius 2 is 1.79 bits per heavy atom. The molecule has 0 aliphatic rings. The number of nitrogens with zero attached hydrogens (tertiary/aromatic N) is 1. The van der Waals surface area contributed by atoms with Crippen molar-refractivity contribution < 1.29 is 13.9 Å². The number of anilines is 1. The summed E-state index contributed by atoms with van der Waals surface area (Å²) in [5.41, 5.74) is 1.23. The van der Waals surface area contributed by atoms with Crippen LogP contribution in [0.1, 0.15) is 11.6 Å². The maximum absolute atomic E-state index is 12.1. The first-order valence-corrected chi connectivity index (χ1v) is 8.85. The number of hydrogen-bond acceptors (Lipinski definition) is 4. The smallest absolute Gasteiger partial charge is 0.319 e. The molecule has 2 atom stereocenters. The Morgan fingerprint density at radius 3 is 2.33 bits per heavy atom. The van der Waals surface area contributed by atoms with Gasteiger partial charge in [-0.1, -0.05) is 30.3 Å². The van der Waals surface area contributed by atoms with E-state index in [9.17, 15) is 19.1 Å². The predicted octanol–water partition coefficient (Wildman–Crippen LogP) is 2.84. The Morgan fingerprint density at radius 1 is 1.17 bits per heavy atom. The topological polar surface area (TPSA) is 101 Å². The van der Waals surface area contributed by atoms with E-state index in [0.717, 1.165) is 5.56 Å². The average molecular weight is 347 g/mol. The zero-order valence-corrected chi connectivity index (χ0v) is 13.8. The molecule has 2 N–H and O–H groups in total. The van der Waals surface area contributed by atoms with E-state index < -0.39 is 27.8 Å². The monoisotopic (exact) mass is 347 g/mol. The first kappa shape index (κ1) is 17.6. The van der Waals surface area contributed by atoms with Crippen molar-refractivity contribution in [1.29, 1.82) is 0 Å². The van der Waals surface area contributed by atoms with Crippen LogP contribution < -0.4 is 10.6 Å². The summed E-state index contributed by atoms with van der Waals surface area (Å²) in [4.78, 5) is 22.2. The Bertz CT molecular complexity index is 735. The lowest BCUT2D eigenvalue weighted by Crippen LogP contribution is -2.35. The first-order chi connectivity index (χ1) is 11.5. The molecule has 2 aromatic carbocycles. The van der Waals surface area contributed by atoms with Gasteiger partial charge in [0.2, 0.25) is 0 Å². The molecule has 24 heavy (non-hydrogen) atoms. The van der Waals surface area contributed by atoms with E-state index in [1.807, 2.05) is 30.3 Å². The molecule has 0 saturated carbocycles. The first-order valence-electron chi connectivity index (χ1n) is 7.12. The molecule has 0 heterocycles. The maximum atomic E-state index is 12.1. The second-order valence-electron chi connectivity index (χ2n) is 5.11. The van der Waals surface area contributed by atoms with Gasteiger partial charge in [0.25, 0.3) is 5.69 Å². The van der Waals surface area contributed by atoms with Gasteiger partial charge in [0.15, 0.2) is 0 Å². The number of non-ortho nitro benzene ring substituents is 1. The number of hydrogen-bond donors (Lipinski definition) is 2. The Labute approximate surface area is 141 Å². The van der Waals surface area contributed by atoms with E-state index >= 15 is 0 Å². The van der Waals surface area contributed by atoms with Crippen molar-refractivity contribution in [3.05, 3.63) is 70.3 Å². The van der Waals surface area contributed by atoms with Crippen LogP contribution in [0.25, 0.3) is 0 Å². The number of amides is 2. The molecule has 0 saturated heterocycles. The normalized spacial score (nSPS) is 12.9. The van der Waals surface area contributed by atoms with Gasteiger partial charge in [-0.05, 0) is 17.7 Å². The number of urea groups is 1. The third-order valence-electron chi connectivity index (χ3n) is 3.24. The number of carbonyl (C=O) groups is 1. The summed E-state index contributed by atoms with van der Waals surface area (Å²) in [7, 11) is -1.08. The minimum Gasteiger partial charge on any atom is -0.330 e. The lowest BCUT2D eigenvalue weighted by atomic mass is 10.1. The van der Waals surface area contributed by atoms with Crippen LogP contribution in [0, 0.1) is 10.1 Å². The molecule has 2 rings (SSSR count). The predicted molar refractivity (Wildman–Crippen MR) is 93.4 cm³/mol. The van der Waals surface area contributed by atoms with Crippen molar-refractivity contribution in [3.8, 4) is 0 Å². The number of nitro groups is 1. The van der Waals surface area contributed by atoms with Crippen LogP contribution in [0.3, 0.4) is 0 Å². The molecule has 0 spiro atoms. The van der Waals surface area contributed by atoms with Crippen molar-refractivity contribution in [1.82, 2.24) is 5.32 Å². The highest BCUT2D eigenvalue weighted by molar-refractivity contribution is 7.84. The van der Waals surface area contributed by atoms with Crippen molar-refractivity contribution >= 4 is 28.2 Å². The van der Waals surface area contributed by atoms with E-state index in [2.05, 4.69) is 10.6 Å². The summed E-state index contributed by atoms with van der Waals surface area (Å²) in [6, 6.07) is 13.9. The Balaban J connectivity index is 2.04. The Hall–Kier alpha value is -2.74. The molecular formula is C16H17N3O4S. The maximum Gasteiger partial charge on any atom is 0.319 e. The van der Waals surface area contributed by atoms with Crippen LogP contribution in [-0.4, -0.2) is 27.2 Å². The number of benzene rings is 2. The van der Waals surface area contributed by atoms with Gasteiger partial charge in [-0.3, -0.25) is 14.3 Å². The van der Waals surface area contributed by atoms with Gasteiger partial charge in [0, 0.05) is 40.6 Å². The molecule has 0 aliphatic carbocycles. The van der Waals surface area contributed by atoms with Crippen LogP contribution in [0.5, 0.6) is 0 Å². The zero-order chi connectivity index (χ0) is 17.5. The fourth-order valence-electron chi connectivity index (χ4n) is 2.13. The fraction of sp³-hybridized carbons (Fsp3) is 0.188. The molecule has 0 bridgehead atoms. The lowest BCUT2D eigenvalue weighted by Gasteiger charge is -2.18. The van der Waals surface area contributed by atoms with E-state index in [1.165, 1.54) is 24.3 Å². The summed E-state index contributed by atoms with van der Waals surface area (Å²) in [6.07, 6.45) is 1.58. The number of nitro benzene ring substituents is 1. The van der Waals surface area contributed by atoms with Gasteiger partial charge in [-0.2, -0.15) is 0 Å². The van der Waals surface area contributed by atoms with Crippen molar-refractivity contribution in [2.75, 3.05) is 17.3 Å². The summed E-state index contributed by atoms with van der Waals surface area (Å²) >= 11 is 0. The number of carbonyl (C=O) groups excluding carboxylic acids is 1. The fourth-order valence-corrected chi connectivity index (χ4v) is 2.88. The zero-order valence-electron chi connectivity index (χ0n) is 13.0. The SMILES string of the molecule is CS(=O)CC(NC(=O)Nc1ccc([N+](=O)[O-])cc1)c1ccccc1. The summed E-state index contributed by atoms with van der Waals surface area (Å²) in [5.74, 6) is 0.289. The van der Waals surface area contributed by atoms with Crippen molar-refractivity contribution in [2.24, 2.45) is 0 Å². The lowest BCUT2D eigenvalue weighted by molar-refractivity contribution is -0.384. The quantitative estimate of drug-likeness (QED) is 0.619. The van der Waals surface area contributed by atoms with Gasteiger partial charge in [0.05, 0.1) is 11.0 Å². The van der Waals surface area contributed by atoms with E-state index in [0.29, 0.717) is 5.69 Å². The third kappa shape index (κ3) is 5.17. The van der Waals surface area contributed by atoms with Gasteiger partial charge in [-0.15, -0.1) is 0 Å². The van der Waals surface area contributed by atoms with E-state index in [1.54, 1.807) is 6.26 Å². The molecule has 0 fully saturated rings. The highest BCUT2D eigenvalue weighted by Gasteiger charge is 2.16. The highest BCUT2D eigenvalue weighted by atomic mass is 32.2. The minimum absolute atomic E-state index is 0.0514. The van der Waals surface area contributed by atoms with Crippen molar-refractivity contribution in [2.45, 2.75) is 6.04 Å². The molecule has 126 valence electrons. The third-order valence-corrected chi connectivity index (χ3v) is 4.05. The Kier molecular flexibility index (Phi) is 6.02. The van der Waals surface area contributed by atoms with Gasteiger partial charge in [0.1, 0.15) is 0 Å². The minimum atomic E-state index is -1.08. The molecule has 2 unspecified atom stereocenters. The van der Waals surface area contributed by atoms with Crippen LogP contribution in [0.15, 0.2) is 54.6 Å². The summed E-state index contributed by atoms with van der Waals surface area (Å²) in [5, 5.41) is 16.0. The second kappa shape index (κ2) is 8.21. The van der Waals surface area contributed by atoms with Crippen LogP contribution in [0.4, 0.5) is 16.2 Å². The van der Waals surface area contributed by atoms with Crippen LogP contribution >= 0.6 is 0 Å². The second-order valence-corrected chi connectivity index (χ2v) is 6.59. The highest BCUT2D eigenvalue weighted by Crippen LogP contribution is 2.17. The van der Waals surface area contributed by atoms with Crippen molar-refractivity contribution in [3.63, 3.8) is 0 Å². The van der Waals surface area contributed by atoms with Gasteiger partial charge < -0.3 is 10.6 Å². The molecule has 2 amide bonds. The molecule has 0 aromatic heterocycles. The number of nitrogens with one attached hydrogen (secondary N) is 2. The molecule has 2 aromatic rings. The average Bonchev–Trinajstić information content (AvgIpc) is 2.55. The molecule has 7 nitrogen and oxygen atoms in total. The largest absolute Gasteiger partial charge is 0.330 e. The molecule has 0 radical (unpaired) electrons. The molecule has 0 aliphatic heterocycles. The summed E-state index contributed by atoms with van der Waals surface area (Å²) in [6.45, 7) is 0. The van der Waals surface area contributed by atoms with Crippen LogP contribution in [0.2, 0.25) is 0 Å². The summed E-state index contributed by atoms with van der Waals surface area (Å²) < 4.78 is 11.5. The molecule has 8 heteroatoms. The van der Waals surface area contributed by atoms with Gasteiger partial charge >= 0.3 is 6.03 Å². The standard InChI is InChI=1S/C16H17N3O4S/c1-24(23)11-15(12-5-3-2-4-6-12)18-16(20)17-13-7-9-14(10-8-13)19(21)22/h2-10,15H,11H2,1H3,(H2,17,18,20).